The van der Waals surface area contributed by atoms with Gasteiger partial charge in [-0.1, -0.05) is 66.7 Å². The van der Waals surface area contributed by atoms with Crippen molar-refractivity contribution in [3.05, 3.63) is 118 Å². The molecule has 2 aromatic heterocycles. The van der Waals surface area contributed by atoms with Gasteiger partial charge in [0.25, 0.3) is 5.91 Å². The van der Waals surface area contributed by atoms with E-state index in [-0.39, 0.29) is 5.91 Å². The normalized spacial score (nSPS) is 11.1. The first-order valence-electron chi connectivity index (χ1n) is 11.0. The Bertz CT molecular complexity index is 1770. The molecule has 0 aliphatic heterocycles. The molecular formula is C29H18N2O3S. The van der Waals surface area contributed by atoms with E-state index in [0.29, 0.717) is 27.4 Å². The summed E-state index contributed by atoms with van der Waals surface area (Å²) in [7, 11) is 0. The van der Waals surface area contributed by atoms with Gasteiger partial charge in [0.05, 0.1) is 11.3 Å². The van der Waals surface area contributed by atoms with Crippen LogP contribution in [-0.2, 0) is 0 Å². The quantitative estimate of drug-likeness (QED) is 0.280. The topological polar surface area (TPSA) is 72.2 Å². The van der Waals surface area contributed by atoms with E-state index in [0.717, 1.165) is 22.0 Å². The summed E-state index contributed by atoms with van der Waals surface area (Å²) in [5.74, 6) is -0.262. The zero-order chi connectivity index (χ0) is 23.8. The first kappa shape index (κ1) is 21.0. The molecule has 5 nitrogen and oxygen atoms in total. The Morgan fingerprint density at radius 3 is 2.31 bits per heavy atom. The van der Waals surface area contributed by atoms with Crippen LogP contribution in [0.15, 0.2) is 112 Å². The third-order valence-electron chi connectivity index (χ3n) is 5.87. The van der Waals surface area contributed by atoms with Crippen LogP contribution in [-0.4, -0.2) is 10.9 Å². The molecule has 0 bridgehead atoms. The Kier molecular flexibility index (Phi) is 5.20. The zero-order valence-electron chi connectivity index (χ0n) is 18.4. The van der Waals surface area contributed by atoms with Crippen molar-refractivity contribution in [1.29, 1.82) is 0 Å². The largest absolute Gasteiger partial charge is 0.422 e. The Balaban J connectivity index is 1.21. The smallest absolute Gasteiger partial charge is 0.344 e. The molecule has 1 N–H and O–H groups in total. The van der Waals surface area contributed by atoms with Gasteiger partial charge >= 0.3 is 5.63 Å². The summed E-state index contributed by atoms with van der Waals surface area (Å²) in [6.45, 7) is 0. The second kappa shape index (κ2) is 8.66. The molecule has 0 fully saturated rings. The summed E-state index contributed by atoms with van der Waals surface area (Å²) in [6, 6.07) is 30.4. The number of aromatic nitrogens is 1. The third-order valence-corrected chi connectivity index (χ3v) is 6.63. The van der Waals surface area contributed by atoms with Crippen molar-refractivity contribution in [3.63, 3.8) is 0 Å². The molecule has 4 aromatic carbocycles. The van der Waals surface area contributed by atoms with E-state index in [1.807, 2.05) is 41.8 Å². The molecule has 0 saturated heterocycles. The average molecular weight is 475 g/mol. The number of hydrogen-bond acceptors (Lipinski definition) is 5. The average Bonchev–Trinajstić information content (AvgIpc) is 3.36. The lowest BCUT2D eigenvalue weighted by molar-refractivity contribution is 0.102. The van der Waals surface area contributed by atoms with Gasteiger partial charge in [-0.25, -0.2) is 9.78 Å². The van der Waals surface area contributed by atoms with Crippen LogP contribution in [0.2, 0.25) is 0 Å². The van der Waals surface area contributed by atoms with Crippen molar-refractivity contribution in [2.24, 2.45) is 0 Å². The van der Waals surface area contributed by atoms with Gasteiger partial charge in [0.15, 0.2) is 5.13 Å². The van der Waals surface area contributed by atoms with Crippen LogP contribution >= 0.6 is 11.3 Å². The Labute approximate surface area is 204 Å². The van der Waals surface area contributed by atoms with Crippen LogP contribution in [0.3, 0.4) is 0 Å². The van der Waals surface area contributed by atoms with E-state index in [1.165, 1.54) is 16.7 Å². The van der Waals surface area contributed by atoms with E-state index < -0.39 is 5.63 Å². The fourth-order valence-corrected chi connectivity index (χ4v) is 4.76. The first-order chi connectivity index (χ1) is 17.1. The number of carbonyl (C=O) groups excluding carboxylic acids is 1. The second-order valence-corrected chi connectivity index (χ2v) is 8.97. The minimum atomic E-state index is -0.412. The molecule has 0 unspecified atom stereocenters. The lowest BCUT2D eigenvalue weighted by Gasteiger charge is -2.05. The number of thiazole rings is 1. The predicted molar refractivity (Wildman–Crippen MR) is 141 cm³/mol. The number of nitrogens with one attached hydrogen (secondary N) is 1. The summed E-state index contributed by atoms with van der Waals surface area (Å²) in [4.78, 5) is 29.8. The number of fused-ring (bicyclic) bond motifs is 2. The highest BCUT2D eigenvalue weighted by molar-refractivity contribution is 7.14. The predicted octanol–water partition coefficient (Wildman–Crippen LogP) is 6.99. The molecule has 168 valence electrons. The molecule has 2 heterocycles. The highest BCUT2D eigenvalue weighted by Crippen LogP contribution is 2.28. The number of benzene rings is 4. The van der Waals surface area contributed by atoms with Gasteiger partial charge in [-0.05, 0) is 46.7 Å². The Morgan fingerprint density at radius 1 is 0.771 bits per heavy atom. The van der Waals surface area contributed by atoms with Crippen LogP contribution in [0.4, 0.5) is 5.13 Å². The Hall–Kier alpha value is -4.55. The molecule has 0 aliphatic rings. The van der Waals surface area contributed by atoms with Crippen molar-refractivity contribution in [1.82, 2.24) is 4.98 Å². The fraction of sp³-hybridized carbons (Fsp3) is 0. The second-order valence-electron chi connectivity index (χ2n) is 8.12. The van der Waals surface area contributed by atoms with Crippen molar-refractivity contribution < 1.29 is 9.21 Å². The molecule has 0 spiro atoms. The molecule has 0 atom stereocenters. The van der Waals surface area contributed by atoms with Crippen molar-refractivity contribution in [2.45, 2.75) is 0 Å². The first-order valence-corrected chi connectivity index (χ1v) is 11.9. The number of anilines is 1. The number of nitrogens with zero attached hydrogens (tertiary/aromatic N) is 1. The summed E-state index contributed by atoms with van der Waals surface area (Å²) in [6.07, 6.45) is 0. The minimum Gasteiger partial charge on any atom is -0.422 e. The van der Waals surface area contributed by atoms with Gasteiger partial charge < -0.3 is 4.42 Å². The van der Waals surface area contributed by atoms with Crippen molar-refractivity contribution >= 4 is 44.1 Å². The van der Waals surface area contributed by atoms with Gasteiger partial charge in [-0.3, -0.25) is 10.1 Å². The maximum atomic E-state index is 12.8. The molecule has 6 rings (SSSR count). The number of hydrogen-bond donors (Lipinski definition) is 1. The van der Waals surface area contributed by atoms with E-state index in [9.17, 15) is 9.59 Å². The van der Waals surface area contributed by atoms with Crippen LogP contribution in [0.1, 0.15) is 10.4 Å². The van der Waals surface area contributed by atoms with Crippen molar-refractivity contribution in [2.75, 3.05) is 5.32 Å². The maximum absolute atomic E-state index is 12.8. The Morgan fingerprint density at radius 2 is 1.49 bits per heavy atom. The minimum absolute atomic E-state index is 0.262. The molecule has 0 saturated carbocycles. The molecule has 6 heteroatoms. The molecule has 0 radical (unpaired) electrons. The van der Waals surface area contributed by atoms with Gasteiger partial charge in [0.2, 0.25) is 0 Å². The van der Waals surface area contributed by atoms with E-state index in [1.54, 1.807) is 36.4 Å². The van der Waals surface area contributed by atoms with Crippen LogP contribution in [0.5, 0.6) is 0 Å². The number of carbonyl (C=O) groups is 1. The van der Waals surface area contributed by atoms with Gasteiger partial charge in [0, 0.05) is 21.9 Å². The third kappa shape index (κ3) is 4.11. The highest BCUT2D eigenvalue weighted by atomic mass is 32.1. The lowest BCUT2D eigenvalue weighted by Crippen LogP contribution is -2.11. The van der Waals surface area contributed by atoms with E-state index in [2.05, 4.69) is 34.6 Å². The molecule has 0 aliphatic carbocycles. The lowest BCUT2D eigenvalue weighted by atomic mass is 10.0. The maximum Gasteiger partial charge on any atom is 0.344 e. The monoisotopic (exact) mass is 474 g/mol. The molecule has 35 heavy (non-hydrogen) atoms. The molecule has 1 amide bonds. The standard InChI is InChI=1S/C29H18N2O3S/c32-27(31-29-30-25(17-35-29)22-14-9-18-5-1-2-6-21(18)15-22)20-12-10-19(11-13-20)24-16-23-7-3-4-8-26(23)34-28(24)33/h1-17H,(H,30,31,32). The van der Waals surface area contributed by atoms with Gasteiger partial charge in [0.1, 0.15) is 5.58 Å². The van der Waals surface area contributed by atoms with Gasteiger partial charge in [-0.15, -0.1) is 11.3 Å². The van der Waals surface area contributed by atoms with Crippen molar-refractivity contribution in [3.8, 4) is 22.4 Å². The molecule has 6 aromatic rings. The SMILES string of the molecule is O=C(Nc1nc(-c2ccc3ccccc3c2)cs1)c1ccc(-c2cc3ccccc3oc2=O)cc1. The summed E-state index contributed by atoms with van der Waals surface area (Å²) >= 11 is 1.38. The number of amides is 1. The van der Waals surface area contributed by atoms with Crippen LogP contribution in [0.25, 0.3) is 44.1 Å². The summed E-state index contributed by atoms with van der Waals surface area (Å²) < 4.78 is 5.42. The summed E-state index contributed by atoms with van der Waals surface area (Å²) in [5, 5.41) is 8.48. The van der Waals surface area contributed by atoms with E-state index >= 15 is 0 Å². The fourth-order valence-electron chi connectivity index (χ4n) is 4.05. The highest BCUT2D eigenvalue weighted by Gasteiger charge is 2.12. The van der Waals surface area contributed by atoms with Crippen LogP contribution < -0.4 is 10.9 Å². The number of rotatable bonds is 4. The molecular weight excluding hydrogens is 456 g/mol. The number of para-hydroxylation sites is 1. The van der Waals surface area contributed by atoms with E-state index in [4.69, 9.17) is 4.42 Å². The summed E-state index contributed by atoms with van der Waals surface area (Å²) in [5.41, 5.74) is 3.56. The van der Waals surface area contributed by atoms with Gasteiger partial charge in [-0.2, -0.15) is 0 Å². The van der Waals surface area contributed by atoms with Crippen LogP contribution in [0, 0.1) is 0 Å². The zero-order valence-corrected chi connectivity index (χ0v) is 19.2.